The van der Waals surface area contributed by atoms with E-state index >= 15 is 0 Å². The molecule has 1 saturated carbocycles. The van der Waals surface area contributed by atoms with Gasteiger partial charge in [0.05, 0.1) is 6.61 Å². The molecule has 1 aliphatic rings. The van der Waals surface area contributed by atoms with E-state index in [4.69, 9.17) is 4.74 Å². The molecule has 0 spiro atoms. The van der Waals surface area contributed by atoms with Gasteiger partial charge in [0.25, 0.3) is 0 Å². The Morgan fingerprint density at radius 3 is 1.75 bits per heavy atom. The zero-order valence-electron chi connectivity index (χ0n) is 19.4. The molecule has 1 heteroatoms. The highest BCUT2D eigenvalue weighted by Crippen LogP contribution is 2.38. The standard InChI is InChI=1S/C31H36O/c1-3-4-5-6-24-7-11-26(12-8-24)28-15-19-30(20-16-28)31-21-17-29(18-22-31)27-13-9-25(10-14-27)23-32-2/h3,9-10,13-22,24,26H,1,4-8,11-12,23H2,2H3. The minimum absolute atomic E-state index is 0.659. The summed E-state index contributed by atoms with van der Waals surface area (Å²) < 4.78 is 5.20. The van der Waals surface area contributed by atoms with Crippen molar-refractivity contribution in [3.05, 3.63) is 96.6 Å². The Morgan fingerprint density at radius 1 is 0.750 bits per heavy atom. The van der Waals surface area contributed by atoms with Gasteiger partial charge in [-0.2, -0.15) is 0 Å². The maximum Gasteiger partial charge on any atom is 0.0713 e. The summed E-state index contributed by atoms with van der Waals surface area (Å²) in [5.74, 6) is 1.67. The highest BCUT2D eigenvalue weighted by molar-refractivity contribution is 5.70. The Labute approximate surface area is 194 Å². The van der Waals surface area contributed by atoms with Crippen molar-refractivity contribution in [2.75, 3.05) is 7.11 Å². The molecule has 166 valence electrons. The summed E-state index contributed by atoms with van der Waals surface area (Å²) in [6.45, 7) is 4.51. The van der Waals surface area contributed by atoms with Gasteiger partial charge in [0.1, 0.15) is 0 Å². The number of benzene rings is 3. The second-order valence-corrected chi connectivity index (χ2v) is 9.27. The molecule has 0 aliphatic heterocycles. The van der Waals surface area contributed by atoms with Crippen LogP contribution in [0.5, 0.6) is 0 Å². The lowest BCUT2D eigenvalue weighted by molar-refractivity contribution is 0.185. The smallest absolute Gasteiger partial charge is 0.0713 e. The summed E-state index contributed by atoms with van der Waals surface area (Å²) in [4.78, 5) is 0. The van der Waals surface area contributed by atoms with E-state index in [2.05, 4.69) is 85.5 Å². The monoisotopic (exact) mass is 424 g/mol. The van der Waals surface area contributed by atoms with Crippen molar-refractivity contribution >= 4 is 0 Å². The fourth-order valence-corrected chi connectivity index (χ4v) is 5.10. The van der Waals surface area contributed by atoms with Crippen LogP contribution in [0, 0.1) is 5.92 Å². The van der Waals surface area contributed by atoms with Crippen molar-refractivity contribution in [1.82, 2.24) is 0 Å². The highest BCUT2D eigenvalue weighted by atomic mass is 16.5. The summed E-state index contributed by atoms with van der Waals surface area (Å²) >= 11 is 0. The summed E-state index contributed by atoms with van der Waals surface area (Å²) in [5.41, 5.74) is 7.79. The fourth-order valence-electron chi connectivity index (χ4n) is 5.10. The predicted molar refractivity (Wildman–Crippen MR) is 137 cm³/mol. The van der Waals surface area contributed by atoms with Crippen LogP contribution in [0.2, 0.25) is 0 Å². The zero-order valence-corrected chi connectivity index (χ0v) is 19.4. The molecular weight excluding hydrogens is 388 g/mol. The van der Waals surface area contributed by atoms with Crippen LogP contribution in [0.15, 0.2) is 85.5 Å². The molecule has 3 aromatic rings. The number of methoxy groups -OCH3 is 1. The lowest BCUT2D eigenvalue weighted by Gasteiger charge is -2.29. The molecule has 4 rings (SSSR count). The van der Waals surface area contributed by atoms with Crippen LogP contribution in [-0.2, 0) is 11.3 Å². The van der Waals surface area contributed by atoms with Gasteiger partial charge >= 0.3 is 0 Å². The number of hydrogen-bond acceptors (Lipinski definition) is 1. The Morgan fingerprint density at radius 2 is 1.25 bits per heavy atom. The molecule has 0 heterocycles. The van der Waals surface area contributed by atoms with Gasteiger partial charge in [-0.1, -0.05) is 85.3 Å². The number of allylic oxidation sites excluding steroid dienone is 1. The first-order valence-corrected chi connectivity index (χ1v) is 12.2. The molecule has 1 nitrogen and oxygen atoms in total. The van der Waals surface area contributed by atoms with Gasteiger partial charge < -0.3 is 4.74 Å². The Balaban J connectivity index is 1.35. The van der Waals surface area contributed by atoms with Gasteiger partial charge in [-0.25, -0.2) is 0 Å². The summed E-state index contributed by atoms with van der Waals surface area (Å²) in [5, 5.41) is 0. The van der Waals surface area contributed by atoms with E-state index in [0.29, 0.717) is 6.61 Å². The van der Waals surface area contributed by atoms with Gasteiger partial charge in [-0.15, -0.1) is 6.58 Å². The second kappa shape index (κ2) is 11.3. The van der Waals surface area contributed by atoms with Crippen LogP contribution in [0.3, 0.4) is 0 Å². The van der Waals surface area contributed by atoms with Crippen molar-refractivity contribution in [1.29, 1.82) is 0 Å². The van der Waals surface area contributed by atoms with Crippen LogP contribution >= 0.6 is 0 Å². The largest absolute Gasteiger partial charge is 0.380 e. The molecule has 0 aromatic heterocycles. The quantitative estimate of drug-likeness (QED) is 0.246. The molecule has 0 bridgehead atoms. The zero-order chi connectivity index (χ0) is 22.2. The van der Waals surface area contributed by atoms with E-state index in [9.17, 15) is 0 Å². The maximum atomic E-state index is 5.20. The molecule has 0 atom stereocenters. The van der Waals surface area contributed by atoms with Gasteiger partial charge in [0.2, 0.25) is 0 Å². The number of unbranched alkanes of at least 4 members (excludes halogenated alkanes) is 1. The minimum Gasteiger partial charge on any atom is -0.380 e. The van der Waals surface area contributed by atoms with Crippen molar-refractivity contribution in [2.45, 2.75) is 57.5 Å². The average molecular weight is 425 g/mol. The summed E-state index contributed by atoms with van der Waals surface area (Å²) in [6.07, 6.45) is 11.4. The van der Waals surface area contributed by atoms with E-state index in [1.807, 2.05) is 0 Å². The third-order valence-electron chi connectivity index (χ3n) is 7.07. The first-order valence-electron chi connectivity index (χ1n) is 12.2. The van der Waals surface area contributed by atoms with Crippen LogP contribution in [0.1, 0.15) is 62.0 Å². The number of hydrogen-bond donors (Lipinski definition) is 0. The SMILES string of the molecule is C=CCCCC1CCC(c2ccc(-c3ccc(-c4ccc(COC)cc4)cc3)cc2)CC1. The van der Waals surface area contributed by atoms with Crippen LogP contribution in [-0.4, -0.2) is 7.11 Å². The Hall–Kier alpha value is -2.64. The third-order valence-corrected chi connectivity index (χ3v) is 7.07. The molecule has 0 radical (unpaired) electrons. The summed E-state index contributed by atoms with van der Waals surface area (Å²) in [6, 6.07) is 26.9. The molecule has 32 heavy (non-hydrogen) atoms. The fraction of sp³-hybridized carbons (Fsp3) is 0.355. The van der Waals surface area contributed by atoms with Gasteiger partial charge in [0, 0.05) is 7.11 Å². The highest BCUT2D eigenvalue weighted by Gasteiger charge is 2.21. The Bertz CT molecular complexity index is 958. The average Bonchev–Trinajstić information content (AvgIpc) is 2.86. The van der Waals surface area contributed by atoms with Gasteiger partial charge in [0.15, 0.2) is 0 Å². The molecule has 0 amide bonds. The van der Waals surface area contributed by atoms with Crippen molar-refractivity contribution in [3.63, 3.8) is 0 Å². The van der Waals surface area contributed by atoms with E-state index < -0.39 is 0 Å². The molecule has 1 fully saturated rings. The van der Waals surface area contributed by atoms with Gasteiger partial charge in [-0.3, -0.25) is 0 Å². The maximum absolute atomic E-state index is 5.20. The second-order valence-electron chi connectivity index (χ2n) is 9.27. The topological polar surface area (TPSA) is 9.23 Å². The number of ether oxygens (including phenoxy) is 1. The first-order chi connectivity index (χ1) is 15.8. The lowest BCUT2D eigenvalue weighted by atomic mass is 9.77. The number of rotatable bonds is 9. The van der Waals surface area contributed by atoms with E-state index in [1.165, 1.54) is 78.3 Å². The predicted octanol–water partition coefficient (Wildman–Crippen LogP) is 8.80. The van der Waals surface area contributed by atoms with E-state index in [0.717, 1.165) is 11.8 Å². The molecule has 1 aliphatic carbocycles. The normalized spacial score (nSPS) is 18.4. The van der Waals surface area contributed by atoms with E-state index in [-0.39, 0.29) is 0 Å². The molecule has 0 unspecified atom stereocenters. The van der Waals surface area contributed by atoms with Crippen LogP contribution in [0.4, 0.5) is 0 Å². The minimum atomic E-state index is 0.659. The lowest BCUT2D eigenvalue weighted by Crippen LogP contribution is -2.13. The van der Waals surface area contributed by atoms with Crippen molar-refractivity contribution in [3.8, 4) is 22.3 Å². The summed E-state index contributed by atoms with van der Waals surface area (Å²) in [7, 11) is 1.73. The van der Waals surface area contributed by atoms with Gasteiger partial charge in [-0.05, 0) is 83.7 Å². The molecular formula is C31H36O. The van der Waals surface area contributed by atoms with Crippen LogP contribution < -0.4 is 0 Å². The molecule has 0 saturated heterocycles. The molecule has 3 aromatic carbocycles. The Kier molecular flexibility index (Phi) is 7.96. The van der Waals surface area contributed by atoms with E-state index in [1.54, 1.807) is 7.11 Å². The first kappa shape index (κ1) is 22.6. The third kappa shape index (κ3) is 5.78. The molecule has 0 N–H and O–H groups in total. The van der Waals surface area contributed by atoms with Crippen molar-refractivity contribution in [2.24, 2.45) is 5.92 Å². The van der Waals surface area contributed by atoms with Crippen molar-refractivity contribution < 1.29 is 4.74 Å². The van der Waals surface area contributed by atoms with Crippen LogP contribution in [0.25, 0.3) is 22.3 Å².